The zero-order chi connectivity index (χ0) is 19.3. The van der Waals surface area contributed by atoms with Crippen LogP contribution in [-0.4, -0.2) is 19.0 Å². The summed E-state index contributed by atoms with van der Waals surface area (Å²) in [4.78, 5) is 12.4. The first-order chi connectivity index (χ1) is 12.3. The molecule has 0 spiro atoms. The van der Waals surface area contributed by atoms with Crippen molar-refractivity contribution in [1.29, 1.82) is 5.26 Å². The zero-order valence-corrected chi connectivity index (χ0v) is 15.3. The maximum atomic E-state index is 13.0. The quantitative estimate of drug-likeness (QED) is 0.403. The summed E-state index contributed by atoms with van der Waals surface area (Å²) in [7, 11) is 1.47. The SMILES string of the molecule is COc1cc(/C=C(\C#N)C(=O)c2ccc(F)cc2)cc(Cl)c1OC(C)C. The lowest BCUT2D eigenvalue weighted by Crippen LogP contribution is -2.07. The van der Waals surface area contributed by atoms with E-state index >= 15 is 0 Å². The highest BCUT2D eigenvalue weighted by atomic mass is 35.5. The highest BCUT2D eigenvalue weighted by Crippen LogP contribution is 2.37. The molecule has 2 rings (SSSR count). The summed E-state index contributed by atoms with van der Waals surface area (Å²) in [5, 5.41) is 9.64. The number of rotatable bonds is 6. The Bertz CT molecular complexity index is 883. The molecule has 0 fully saturated rings. The van der Waals surface area contributed by atoms with Gasteiger partial charge in [-0.05, 0) is 61.9 Å². The first kappa shape index (κ1) is 19.5. The van der Waals surface area contributed by atoms with Crippen molar-refractivity contribution in [3.8, 4) is 17.6 Å². The Morgan fingerprint density at radius 1 is 1.27 bits per heavy atom. The van der Waals surface area contributed by atoms with E-state index in [-0.39, 0.29) is 17.2 Å². The topological polar surface area (TPSA) is 59.3 Å². The molecule has 0 amide bonds. The molecule has 0 atom stereocenters. The number of ketones is 1. The van der Waals surface area contributed by atoms with Gasteiger partial charge in [0.05, 0.1) is 18.2 Å². The molecule has 0 aliphatic heterocycles. The molecule has 26 heavy (non-hydrogen) atoms. The van der Waals surface area contributed by atoms with E-state index in [9.17, 15) is 14.4 Å². The second-order valence-electron chi connectivity index (χ2n) is 5.71. The minimum atomic E-state index is -0.509. The number of nitrogens with zero attached hydrogens (tertiary/aromatic N) is 1. The maximum Gasteiger partial charge on any atom is 0.203 e. The van der Waals surface area contributed by atoms with Crippen LogP contribution in [0.3, 0.4) is 0 Å². The maximum absolute atomic E-state index is 13.0. The number of carbonyl (C=O) groups is 1. The van der Waals surface area contributed by atoms with Crippen LogP contribution < -0.4 is 9.47 Å². The fourth-order valence-corrected chi connectivity index (χ4v) is 2.51. The van der Waals surface area contributed by atoms with Crippen molar-refractivity contribution < 1.29 is 18.7 Å². The molecule has 4 nitrogen and oxygen atoms in total. The van der Waals surface area contributed by atoms with Gasteiger partial charge in [-0.3, -0.25) is 4.79 Å². The summed E-state index contributed by atoms with van der Waals surface area (Å²) in [6, 6.07) is 10.1. The van der Waals surface area contributed by atoms with Crippen molar-refractivity contribution in [2.75, 3.05) is 7.11 Å². The number of nitriles is 1. The van der Waals surface area contributed by atoms with Crippen LogP contribution in [-0.2, 0) is 0 Å². The first-order valence-corrected chi connectivity index (χ1v) is 8.19. The van der Waals surface area contributed by atoms with Crippen molar-refractivity contribution in [2.45, 2.75) is 20.0 Å². The van der Waals surface area contributed by atoms with Crippen molar-refractivity contribution in [3.63, 3.8) is 0 Å². The van der Waals surface area contributed by atoms with Crippen LogP contribution in [0.2, 0.25) is 5.02 Å². The molecule has 0 radical (unpaired) electrons. The predicted molar refractivity (Wildman–Crippen MR) is 98.1 cm³/mol. The lowest BCUT2D eigenvalue weighted by atomic mass is 10.0. The van der Waals surface area contributed by atoms with Crippen LogP contribution >= 0.6 is 11.6 Å². The van der Waals surface area contributed by atoms with Crippen LogP contribution in [0.1, 0.15) is 29.8 Å². The van der Waals surface area contributed by atoms with E-state index in [1.54, 1.807) is 12.1 Å². The average Bonchev–Trinajstić information content (AvgIpc) is 2.61. The van der Waals surface area contributed by atoms with E-state index in [1.165, 1.54) is 37.5 Å². The van der Waals surface area contributed by atoms with Gasteiger partial charge in [0.2, 0.25) is 5.78 Å². The predicted octanol–water partition coefficient (Wildman–Crippen LogP) is 5.06. The summed E-state index contributed by atoms with van der Waals surface area (Å²) >= 11 is 6.25. The standard InChI is InChI=1S/C20H17ClFNO3/c1-12(2)26-20-17(21)9-13(10-18(20)25-3)8-15(11-23)19(24)14-4-6-16(22)7-5-14/h4-10,12H,1-3H3/b15-8+. The van der Waals surface area contributed by atoms with Crippen LogP contribution in [0.15, 0.2) is 42.0 Å². The highest BCUT2D eigenvalue weighted by Gasteiger charge is 2.16. The van der Waals surface area contributed by atoms with Gasteiger partial charge in [-0.25, -0.2) is 4.39 Å². The molecule has 0 bridgehead atoms. The monoisotopic (exact) mass is 373 g/mol. The van der Waals surface area contributed by atoms with Crippen molar-refractivity contribution in [3.05, 3.63) is 63.9 Å². The number of ether oxygens (including phenoxy) is 2. The summed E-state index contributed by atoms with van der Waals surface area (Å²) in [6.45, 7) is 3.72. The van der Waals surface area contributed by atoms with E-state index in [1.807, 2.05) is 19.9 Å². The summed E-state index contributed by atoms with van der Waals surface area (Å²) in [5.74, 6) is -0.181. The Morgan fingerprint density at radius 2 is 1.92 bits per heavy atom. The van der Waals surface area contributed by atoms with Crippen LogP contribution in [0.5, 0.6) is 11.5 Å². The molecule has 0 aromatic heterocycles. The highest BCUT2D eigenvalue weighted by molar-refractivity contribution is 6.32. The molecule has 0 saturated heterocycles. The number of allylic oxidation sites excluding steroid dienone is 1. The second kappa shape index (κ2) is 8.50. The number of carbonyl (C=O) groups excluding carboxylic acids is 1. The molecule has 0 N–H and O–H groups in total. The molecule has 0 aliphatic carbocycles. The molecule has 0 saturated carbocycles. The van der Waals surface area contributed by atoms with Gasteiger partial charge in [0.15, 0.2) is 11.5 Å². The number of hydrogen-bond donors (Lipinski definition) is 0. The van der Waals surface area contributed by atoms with Gasteiger partial charge in [-0.2, -0.15) is 5.26 Å². The van der Waals surface area contributed by atoms with Crippen LogP contribution in [0, 0.1) is 17.1 Å². The van der Waals surface area contributed by atoms with Crippen molar-refractivity contribution >= 4 is 23.5 Å². The lowest BCUT2D eigenvalue weighted by molar-refractivity contribution is 0.104. The lowest BCUT2D eigenvalue weighted by Gasteiger charge is -2.15. The fraction of sp³-hybridized carbons (Fsp3) is 0.200. The van der Waals surface area contributed by atoms with Crippen LogP contribution in [0.4, 0.5) is 4.39 Å². The summed E-state index contributed by atoms with van der Waals surface area (Å²) in [5.41, 5.74) is 0.624. The molecule has 134 valence electrons. The Kier molecular flexibility index (Phi) is 6.37. The molecule has 2 aromatic carbocycles. The minimum Gasteiger partial charge on any atom is -0.493 e. The fourth-order valence-electron chi connectivity index (χ4n) is 2.25. The first-order valence-electron chi connectivity index (χ1n) is 7.82. The van der Waals surface area contributed by atoms with Crippen LogP contribution in [0.25, 0.3) is 6.08 Å². The second-order valence-corrected chi connectivity index (χ2v) is 6.11. The zero-order valence-electron chi connectivity index (χ0n) is 14.5. The van der Waals surface area contributed by atoms with Gasteiger partial charge in [-0.15, -0.1) is 0 Å². The van der Waals surface area contributed by atoms with Crippen molar-refractivity contribution in [1.82, 2.24) is 0 Å². The normalized spacial score (nSPS) is 11.2. The molecule has 2 aromatic rings. The van der Waals surface area contributed by atoms with E-state index in [0.29, 0.717) is 22.1 Å². The van der Waals surface area contributed by atoms with Gasteiger partial charge >= 0.3 is 0 Å². The molecule has 0 aliphatic rings. The smallest absolute Gasteiger partial charge is 0.203 e. The molecule has 0 unspecified atom stereocenters. The molecule has 0 heterocycles. The van der Waals surface area contributed by atoms with Gasteiger partial charge in [0.1, 0.15) is 17.5 Å². The number of benzene rings is 2. The third-order valence-corrected chi connectivity index (χ3v) is 3.67. The van der Waals surface area contributed by atoms with Gasteiger partial charge in [0.25, 0.3) is 0 Å². The van der Waals surface area contributed by atoms with E-state index < -0.39 is 11.6 Å². The average molecular weight is 374 g/mol. The Hall–Kier alpha value is -2.84. The van der Waals surface area contributed by atoms with Gasteiger partial charge in [-0.1, -0.05) is 11.6 Å². The molecular weight excluding hydrogens is 357 g/mol. The summed E-state index contributed by atoms with van der Waals surface area (Å²) in [6.07, 6.45) is 1.30. The summed E-state index contributed by atoms with van der Waals surface area (Å²) < 4.78 is 23.9. The number of methoxy groups -OCH3 is 1. The van der Waals surface area contributed by atoms with E-state index in [2.05, 4.69) is 0 Å². The minimum absolute atomic E-state index is 0.0995. The Morgan fingerprint density at radius 3 is 2.46 bits per heavy atom. The third-order valence-electron chi connectivity index (χ3n) is 3.39. The third kappa shape index (κ3) is 4.62. The van der Waals surface area contributed by atoms with E-state index in [0.717, 1.165) is 0 Å². The number of hydrogen-bond acceptors (Lipinski definition) is 4. The number of Topliss-reactive ketones (excluding diaryl/α,β-unsaturated/α-hetero) is 1. The number of halogens is 2. The largest absolute Gasteiger partial charge is 0.493 e. The van der Waals surface area contributed by atoms with Gasteiger partial charge in [0, 0.05) is 5.56 Å². The van der Waals surface area contributed by atoms with Crippen molar-refractivity contribution in [2.24, 2.45) is 0 Å². The molecule has 6 heteroatoms. The molecular formula is C20H17ClFNO3. The Labute approximate surface area is 156 Å². The Balaban J connectivity index is 2.42. The van der Waals surface area contributed by atoms with E-state index in [4.69, 9.17) is 21.1 Å². The van der Waals surface area contributed by atoms with Gasteiger partial charge < -0.3 is 9.47 Å².